The number of benzene rings is 2. The summed E-state index contributed by atoms with van der Waals surface area (Å²) in [5.74, 6) is 1.17. The van der Waals surface area contributed by atoms with Crippen molar-refractivity contribution in [2.24, 2.45) is 0 Å². The van der Waals surface area contributed by atoms with Gasteiger partial charge in [0.25, 0.3) is 0 Å². The first-order chi connectivity index (χ1) is 7.92. The summed E-state index contributed by atoms with van der Waals surface area (Å²) in [4.78, 5) is 2.90. The fraction of sp³-hybridized carbons (Fsp3) is 0.133. The number of thiol groups is 1. The van der Waals surface area contributed by atoms with Gasteiger partial charge < -0.3 is 0 Å². The van der Waals surface area contributed by atoms with E-state index in [0.717, 1.165) is 6.42 Å². The van der Waals surface area contributed by atoms with Crippen LogP contribution in [-0.2, 0) is 0 Å². The van der Waals surface area contributed by atoms with E-state index in [2.05, 4.69) is 67.6 Å². The first kappa shape index (κ1) is 11.3. The molecular formula is C15H17S. The van der Waals surface area contributed by atoms with E-state index in [1.165, 1.54) is 15.5 Å². The maximum absolute atomic E-state index is 3.99. The second-order valence-corrected chi connectivity index (χ2v) is 6.01. The third kappa shape index (κ3) is 2.67. The van der Waals surface area contributed by atoms with Crippen LogP contribution in [0.1, 0.15) is 6.42 Å². The predicted molar refractivity (Wildman–Crippen MR) is 73.2 cm³/mol. The van der Waals surface area contributed by atoms with Crippen molar-refractivity contribution >= 4 is 10.9 Å². The van der Waals surface area contributed by atoms with Gasteiger partial charge in [-0.25, -0.2) is 10.9 Å². The van der Waals surface area contributed by atoms with Gasteiger partial charge >= 0.3 is 0 Å². The molecule has 2 rings (SSSR count). The van der Waals surface area contributed by atoms with Crippen molar-refractivity contribution in [3.63, 3.8) is 0 Å². The van der Waals surface area contributed by atoms with Gasteiger partial charge in [0.05, 0.1) is 0 Å². The van der Waals surface area contributed by atoms with Crippen molar-refractivity contribution in [1.82, 2.24) is 0 Å². The Balaban J connectivity index is 2.31. The summed E-state index contributed by atoms with van der Waals surface area (Å²) in [6, 6.07) is 21.6. The number of hydrogen-bond donors (Lipinski definition) is 1. The van der Waals surface area contributed by atoms with Crippen molar-refractivity contribution in [3.05, 3.63) is 67.6 Å². The zero-order chi connectivity index (χ0) is 11.2. The van der Waals surface area contributed by atoms with E-state index in [4.69, 9.17) is 0 Å². The molecule has 83 valence electrons. The standard InChI is InChI=1S/C15H17S/c1-2-13-16(14-9-5-3-6-10-14)15-11-7-4-8-12-15/h3-12,16H,1-2,13H2. The first-order valence-electron chi connectivity index (χ1n) is 5.58. The fourth-order valence-electron chi connectivity index (χ4n) is 1.78. The molecule has 0 N–H and O–H groups in total. The summed E-state index contributed by atoms with van der Waals surface area (Å²) in [7, 11) is -0.213. The topological polar surface area (TPSA) is 0 Å². The van der Waals surface area contributed by atoms with Gasteiger partial charge in [-0.05, 0) is 22.0 Å². The highest BCUT2D eigenvalue weighted by Crippen LogP contribution is 2.44. The molecule has 0 aromatic heterocycles. The maximum Gasteiger partial charge on any atom is -0.00855 e. The lowest BCUT2D eigenvalue weighted by Crippen LogP contribution is -1.90. The van der Waals surface area contributed by atoms with E-state index < -0.39 is 0 Å². The second-order valence-electron chi connectivity index (χ2n) is 3.68. The van der Waals surface area contributed by atoms with Crippen LogP contribution >= 0.6 is 10.9 Å². The van der Waals surface area contributed by atoms with E-state index in [-0.39, 0.29) is 10.9 Å². The molecule has 0 spiro atoms. The monoisotopic (exact) mass is 229 g/mol. The Kier molecular flexibility index (Phi) is 4.06. The summed E-state index contributed by atoms with van der Waals surface area (Å²) >= 11 is 0. The van der Waals surface area contributed by atoms with Crippen molar-refractivity contribution in [2.75, 3.05) is 5.75 Å². The maximum atomic E-state index is 3.99. The molecule has 0 bridgehead atoms. The molecule has 0 amide bonds. The molecule has 1 radical (unpaired) electrons. The lowest BCUT2D eigenvalue weighted by molar-refractivity contribution is 1.21. The van der Waals surface area contributed by atoms with Gasteiger partial charge in [0, 0.05) is 0 Å². The quantitative estimate of drug-likeness (QED) is 0.741. The molecule has 0 fully saturated rings. The minimum atomic E-state index is -0.213. The van der Waals surface area contributed by atoms with Gasteiger partial charge in [-0.3, -0.25) is 0 Å². The van der Waals surface area contributed by atoms with Crippen LogP contribution < -0.4 is 0 Å². The summed E-state index contributed by atoms with van der Waals surface area (Å²) in [5.41, 5.74) is 0. The third-order valence-electron chi connectivity index (χ3n) is 2.52. The van der Waals surface area contributed by atoms with Crippen molar-refractivity contribution in [3.8, 4) is 0 Å². The summed E-state index contributed by atoms with van der Waals surface area (Å²) in [6.07, 6.45) is 0.996. The molecule has 16 heavy (non-hydrogen) atoms. The molecule has 0 aliphatic heterocycles. The largest absolute Gasteiger partial charge is 0.200 e. The molecule has 0 aliphatic carbocycles. The van der Waals surface area contributed by atoms with Gasteiger partial charge in [0.2, 0.25) is 0 Å². The molecule has 1 heteroatoms. The fourth-order valence-corrected chi connectivity index (χ4v) is 3.98. The van der Waals surface area contributed by atoms with Crippen molar-refractivity contribution in [1.29, 1.82) is 0 Å². The third-order valence-corrected chi connectivity index (χ3v) is 5.12. The Bertz CT molecular complexity index is 368. The summed E-state index contributed by atoms with van der Waals surface area (Å²) in [6.45, 7) is 3.99. The van der Waals surface area contributed by atoms with E-state index in [1.807, 2.05) is 0 Å². The molecule has 0 unspecified atom stereocenters. The zero-order valence-electron chi connectivity index (χ0n) is 9.34. The smallest absolute Gasteiger partial charge is 0.00855 e. The average Bonchev–Trinajstić information content (AvgIpc) is 2.38. The van der Waals surface area contributed by atoms with Crippen molar-refractivity contribution in [2.45, 2.75) is 16.2 Å². The number of hydrogen-bond acceptors (Lipinski definition) is 0. The summed E-state index contributed by atoms with van der Waals surface area (Å²) in [5, 5.41) is 0. The van der Waals surface area contributed by atoms with Gasteiger partial charge in [0.15, 0.2) is 0 Å². The minimum absolute atomic E-state index is 0.213. The molecule has 0 nitrogen and oxygen atoms in total. The lowest BCUT2D eigenvalue weighted by atomic mass is 10.4. The lowest BCUT2D eigenvalue weighted by Gasteiger charge is -2.21. The molecular weight excluding hydrogens is 212 g/mol. The molecule has 0 saturated heterocycles. The summed E-state index contributed by atoms with van der Waals surface area (Å²) < 4.78 is 0. The molecule has 0 saturated carbocycles. The van der Waals surface area contributed by atoms with Gasteiger partial charge in [-0.2, -0.15) is 0 Å². The minimum Gasteiger partial charge on any atom is -0.200 e. The molecule has 2 aromatic rings. The van der Waals surface area contributed by atoms with Crippen LogP contribution in [0.25, 0.3) is 0 Å². The molecule has 0 aliphatic rings. The van der Waals surface area contributed by atoms with E-state index >= 15 is 0 Å². The molecule has 0 heterocycles. The van der Waals surface area contributed by atoms with Gasteiger partial charge in [-0.15, -0.1) is 0 Å². The highest BCUT2D eigenvalue weighted by molar-refractivity contribution is 8.17. The van der Waals surface area contributed by atoms with Crippen LogP contribution in [0.2, 0.25) is 0 Å². The Morgan fingerprint density at radius 3 is 1.56 bits per heavy atom. The van der Waals surface area contributed by atoms with Crippen LogP contribution in [0, 0.1) is 6.92 Å². The highest BCUT2D eigenvalue weighted by atomic mass is 32.2. The van der Waals surface area contributed by atoms with E-state index in [0.29, 0.717) is 0 Å². The Morgan fingerprint density at radius 1 is 0.750 bits per heavy atom. The van der Waals surface area contributed by atoms with Crippen LogP contribution in [0.5, 0.6) is 0 Å². The molecule has 2 aromatic carbocycles. The van der Waals surface area contributed by atoms with Gasteiger partial charge in [0.1, 0.15) is 0 Å². The van der Waals surface area contributed by atoms with E-state index in [9.17, 15) is 0 Å². The Hall–Kier alpha value is -1.21. The normalized spacial score (nSPS) is 11.2. The Morgan fingerprint density at radius 2 is 1.19 bits per heavy atom. The van der Waals surface area contributed by atoms with Crippen LogP contribution in [0.15, 0.2) is 70.5 Å². The molecule has 0 atom stereocenters. The first-order valence-corrected chi connectivity index (χ1v) is 7.11. The van der Waals surface area contributed by atoms with Crippen molar-refractivity contribution < 1.29 is 0 Å². The highest BCUT2D eigenvalue weighted by Gasteiger charge is 2.07. The van der Waals surface area contributed by atoms with Crippen LogP contribution in [0.3, 0.4) is 0 Å². The Labute approximate surface area is 101 Å². The van der Waals surface area contributed by atoms with Crippen LogP contribution in [0.4, 0.5) is 0 Å². The average molecular weight is 229 g/mol. The predicted octanol–water partition coefficient (Wildman–Crippen LogP) is 4.33. The van der Waals surface area contributed by atoms with E-state index in [1.54, 1.807) is 0 Å². The SMILES string of the molecule is [CH2]CC[SH](c1ccccc1)c1ccccc1. The second kappa shape index (κ2) is 5.76. The number of rotatable bonds is 4. The van der Waals surface area contributed by atoms with Gasteiger partial charge in [-0.1, -0.05) is 67.6 Å². The zero-order valence-corrected chi connectivity index (χ0v) is 10.2. The van der Waals surface area contributed by atoms with Crippen LogP contribution in [-0.4, -0.2) is 5.75 Å².